The van der Waals surface area contributed by atoms with E-state index < -0.39 is 0 Å². The molecule has 2 unspecified atom stereocenters. The molecule has 1 aromatic carbocycles. The van der Waals surface area contributed by atoms with Crippen molar-refractivity contribution in [3.05, 3.63) is 34.6 Å². The quantitative estimate of drug-likeness (QED) is 0.832. The summed E-state index contributed by atoms with van der Waals surface area (Å²) >= 11 is 0. The van der Waals surface area contributed by atoms with Crippen LogP contribution in [0.1, 0.15) is 55.8 Å². The molecule has 1 saturated carbocycles. The van der Waals surface area contributed by atoms with Crippen molar-refractivity contribution in [2.24, 2.45) is 17.1 Å². The molecule has 100 valence electrons. The molecule has 0 radical (unpaired) electrons. The van der Waals surface area contributed by atoms with Crippen molar-refractivity contribution in [1.82, 2.24) is 0 Å². The molecule has 0 bridgehead atoms. The molecule has 0 spiro atoms. The molecule has 1 fully saturated rings. The third-order valence-corrected chi connectivity index (χ3v) is 4.62. The maximum atomic E-state index is 13.7. The molecule has 1 aromatic rings. The first kappa shape index (κ1) is 13.5. The predicted octanol–water partition coefficient (Wildman–Crippen LogP) is 4.27. The van der Waals surface area contributed by atoms with E-state index in [4.69, 9.17) is 5.73 Å². The minimum absolute atomic E-state index is 0.0282. The Morgan fingerprint density at radius 2 is 1.83 bits per heavy atom. The van der Waals surface area contributed by atoms with Crippen LogP contribution >= 0.6 is 0 Å². The van der Waals surface area contributed by atoms with E-state index in [9.17, 15) is 4.39 Å². The van der Waals surface area contributed by atoms with Gasteiger partial charge in [-0.3, -0.25) is 0 Å². The lowest BCUT2D eigenvalue weighted by Gasteiger charge is -2.32. The van der Waals surface area contributed by atoms with Crippen LogP contribution in [0.15, 0.2) is 12.1 Å². The molecule has 2 rings (SSSR count). The summed E-state index contributed by atoms with van der Waals surface area (Å²) in [5.41, 5.74) is 9.24. The van der Waals surface area contributed by atoms with E-state index in [1.165, 1.54) is 19.3 Å². The summed E-state index contributed by atoms with van der Waals surface area (Å²) in [4.78, 5) is 0. The van der Waals surface area contributed by atoms with Crippen molar-refractivity contribution in [1.29, 1.82) is 0 Å². The maximum absolute atomic E-state index is 13.7. The van der Waals surface area contributed by atoms with Gasteiger partial charge in [0, 0.05) is 6.04 Å². The van der Waals surface area contributed by atoms with E-state index in [-0.39, 0.29) is 11.9 Å². The van der Waals surface area contributed by atoms with Crippen LogP contribution in [0.4, 0.5) is 4.39 Å². The first-order chi connectivity index (χ1) is 8.33. The van der Waals surface area contributed by atoms with Crippen LogP contribution in [0.5, 0.6) is 0 Å². The van der Waals surface area contributed by atoms with E-state index in [1.807, 2.05) is 26.0 Å². The van der Waals surface area contributed by atoms with E-state index in [1.54, 1.807) is 0 Å². The van der Waals surface area contributed by atoms with Crippen molar-refractivity contribution < 1.29 is 4.39 Å². The van der Waals surface area contributed by atoms with Gasteiger partial charge in [-0.05, 0) is 54.7 Å². The topological polar surface area (TPSA) is 26.0 Å². The standard InChI is InChI=1S/C16H24FN/c1-10-8-12(9-11(2)14(10)17)15(18)13-6-5-7-16(13,3)4/h8-9,13,15H,5-7,18H2,1-4H3. The Morgan fingerprint density at radius 1 is 1.28 bits per heavy atom. The second-order valence-corrected chi connectivity index (χ2v) is 6.48. The lowest BCUT2D eigenvalue weighted by Crippen LogP contribution is -2.29. The van der Waals surface area contributed by atoms with E-state index in [0.29, 0.717) is 22.5 Å². The van der Waals surface area contributed by atoms with Crippen molar-refractivity contribution in [3.63, 3.8) is 0 Å². The van der Waals surface area contributed by atoms with Gasteiger partial charge in [0.05, 0.1) is 0 Å². The highest BCUT2D eigenvalue weighted by Gasteiger charge is 2.38. The summed E-state index contributed by atoms with van der Waals surface area (Å²) in [6.45, 7) is 8.23. The SMILES string of the molecule is Cc1cc(C(N)C2CCCC2(C)C)cc(C)c1F. The number of hydrogen-bond donors (Lipinski definition) is 1. The van der Waals surface area contributed by atoms with Crippen molar-refractivity contribution in [3.8, 4) is 0 Å². The maximum Gasteiger partial charge on any atom is 0.129 e. The van der Waals surface area contributed by atoms with Crippen LogP contribution in [-0.4, -0.2) is 0 Å². The van der Waals surface area contributed by atoms with Crippen LogP contribution < -0.4 is 5.73 Å². The van der Waals surface area contributed by atoms with Gasteiger partial charge in [-0.2, -0.15) is 0 Å². The van der Waals surface area contributed by atoms with Crippen molar-refractivity contribution in [2.45, 2.75) is 53.0 Å². The molecule has 0 aliphatic heterocycles. The lowest BCUT2D eigenvalue weighted by atomic mass is 9.75. The molecule has 0 amide bonds. The van der Waals surface area contributed by atoms with Crippen LogP contribution in [0, 0.1) is 31.0 Å². The van der Waals surface area contributed by atoms with Crippen LogP contribution in [-0.2, 0) is 0 Å². The average Bonchev–Trinajstić information content (AvgIpc) is 2.64. The molecule has 1 aliphatic rings. The molecular weight excluding hydrogens is 225 g/mol. The fourth-order valence-corrected chi connectivity index (χ4v) is 3.42. The molecule has 2 N–H and O–H groups in total. The lowest BCUT2D eigenvalue weighted by molar-refractivity contribution is 0.222. The molecular formula is C16H24FN. The van der Waals surface area contributed by atoms with Gasteiger partial charge in [0.2, 0.25) is 0 Å². The largest absolute Gasteiger partial charge is 0.324 e. The molecule has 0 saturated heterocycles. The molecule has 2 heteroatoms. The average molecular weight is 249 g/mol. The Labute approximate surface area is 110 Å². The third-order valence-electron chi connectivity index (χ3n) is 4.62. The first-order valence-corrected chi connectivity index (χ1v) is 6.85. The highest BCUT2D eigenvalue weighted by atomic mass is 19.1. The highest BCUT2D eigenvalue weighted by Crippen LogP contribution is 2.48. The van der Waals surface area contributed by atoms with E-state index in [2.05, 4.69) is 13.8 Å². The second-order valence-electron chi connectivity index (χ2n) is 6.48. The Kier molecular flexibility index (Phi) is 3.50. The Hall–Kier alpha value is -0.890. The molecule has 2 atom stereocenters. The monoisotopic (exact) mass is 249 g/mol. The van der Waals surface area contributed by atoms with Gasteiger partial charge in [-0.15, -0.1) is 0 Å². The smallest absolute Gasteiger partial charge is 0.129 e. The van der Waals surface area contributed by atoms with Crippen molar-refractivity contribution >= 4 is 0 Å². The summed E-state index contributed by atoms with van der Waals surface area (Å²) in [7, 11) is 0. The van der Waals surface area contributed by atoms with Crippen LogP contribution in [0.2, 0.25) is 0 Å². The number of aryl methyl sites for hydroxylation is 2. The van der Waals surface area contributed by atoms with Gasteiger partial charge < -0.3 is 5.73 Å². The number of nitrogens with two attached hydrogens (primary N) is 1. The van der Waals surface area contributed by atoms with Gasteiger partial charge in [0.15, 0.2) is 0 Å². The number of hydrogen-bond acceptors (Lipinski definition) is 1. The van der Waals surface area contributed by atoms with E-state index in [0.717, 1.165) is 5.56 Å². The van der Waals surface area contributed by atoms with Gasteiger partial charge in [0.1, 0.15) is 5.82 Å². The minimum Gasteiger partial charge on any atom is -0.324 e. The summed E-state index contributed by atoms with van der Waals surface area (Å²) in [6, 6.07) is 3.86. The van der Waals surface area contributed by atoms with Gasteiger partial charge in [-0.1, -0.05) is 32.4 Å². The van der Waals surface area contributed by atoms with Crippen molar-refractivity contribution in [2.75, 3.05) is 0 Å². The first-order valence-electron chi connectivity index (χ1n) is 6.85. The minimum atomic E-state index is -0.100. The predicted molar refractivity (Wildman–Crippen MR) is 73.9 cm³/mol. The number of rotatable bonds is 2. The Balaban J connectivity index is 2.32. The van der Waals surface area contributed by atoms with Crippen LogP contribution in [0.3, 0.4) is 0 Å². The summed E-state index contributed by atoms with van der Waals surface area (Å²) in [5, 5.41) is 0. The van der Waals surface area contributed by atoms with Gasteiger partial charge in [-0.25, -0.2) is 4.39 Å². The third kappa shape index (κ3) is 2.31. The zero-order chi connectivity index (χ0) is 13.5. The zero-order valence-electron chi connectivity index (χ0n) is 11.9. The normalized spacial score (nSPS) is 24.2. The molecule has 1 nitrogen and oxygen atoms in total. The van der Waals surface area contributed by atoms with Gasteiger partial charge >= 0.3 is 0 Å². The fraction of sp³-hybridized carbons (Fsp3) is 0.625. The second kappa shape index (κ2) is 4.65. The molecule has 0 aromatic heterocycles. The summed E-state index contributed by atoms with van der Waals surface area (Å²) in [6.07, 6.45) is 3.68. The number of halogens is 1. The summed E-state index contributed by atoms with van der Waals surface area (Å²) < 4.78 is 13.7. The molecule has 0 heterocycles. The Bertz CT molecular complexity index is 427. The number of benzene rings is 1. The zero-order valence-corrected chi connectivity index (χ0v) is 11.9. The van der Waals surface area contributed by atoms with Gasteiger partial charge in [0.25, 0.3) is 0 Å². The Morgan fingerprint density at radius 3 is 2.28 bits per heavy atom. The van der Waals surface area contributed by atoms with Crippen LogP contribution in [0.25, 0.3) is 0 Å². The molecule has 1 aliphatic carbocycles. The fourth-order valence-electron chi connectivity index (χ4n) is 3.42. The molecule has 18 heavy (non-hydrogen) atoms. The van der Waals surface area contributed by atoms with E-state index >= 15 is 0 Å². The highest BCUT2D eigenvalue weighted by molar-refractivity contribution is 5.33. The summed E-state index contributed by atoms with van der Waals surface area (Å²) in [5.74, 6) is 0.401.